The summed E-state index contributed by atoms with van der Waals surface area (Å²) in [4.78, 5) is 30.7. The molecule has 0 radical (unpaired) electrons. The minimum absolute atomic E-state index is 0.0512. The van der Waals surface area contributed by atoms with E-state index >= 15 is 0 Å². The van der Waals surface area contributed by atoms with Crippen LogP contribution in [0, 0.1) is 13.8 Å². The molecule has 0 unspecified atom stereocenters. The highest BCUT2D eigenvalue weighted by Crippen LogP contribution is 2.32. The number of aryl methyl sites for hydroxylation is 3. The Balaban J connectivity index is 2.18. The van der Waals surface area contributed by atoms with E-state index in [-0.39, 0.29) is 11.5 Å². The van der Waals surface area contributed by atoms with Crippen LogP contribution in [0.15, 0.2) is 33.0 Å². The first-order valence-corrected chi connectivity index (χ1v) is 10.4. The largest absolute Gasteiger partial charge is 0.468 e. The Morgan fingerprint density at radius 2 is 2.04 bits per heavy atom. The van der Waals surface area contributed by atoms with Crippen molar-refractivity contribution >= 4 is 29.5 Å². The molecule has 2 heterocycles. The Morgan fingerprint density at radius 3 is 2.65 bits per heavy atom. The van der Waals surface area contributed by atoms with E-state index in [1.54, 1.807) is 16.3 Å². The molecule has 1 aliphatic rings. The average molecular weight is 391 g/mol. The molecule has 1 atom stereocenters. The summed E-state index contributed by atoms with van der Waals surface area (Å²) in [5.74, 6) is 0.570. The molecule has 0 amide bonds. The van der Waals surface area contributed by atoms with E-state index in [2.05, 4.69) is 6.07 Å². The van der Waals surface area contributed by atoms with E-state index in [0.29, 0.717) is 11.6 Å². The maximum atomic E-state index is 13.2. The minimum Gasteiger partial charge on any atom is -0.468 e. The number of benzene rings is 1. The third kappa shape index (κ3) is 3.69. The minimum atomic E-state index is -0.392. The zero-order valence-corrected chi connectivity index (χ0v) is 17.0. The van der Waals surface area contributed by atoms with Crippen LogP contribution >= 0.6 is 23.5 Å². The summed E-state index contributed by atoms with van der Waals surface area (Å²) in [5, 5.41) is 0.162. The molecule has 0 aliphatic carbocycles. The molecular formula is C19H22N2O3S2. The molecule has 0 saturated heterocycles. The highest BCUT2D eigenvalue weighted by molar-refractivity contribution is 8.00. The Kier molecular flexibility index (Phi) is 5.77. The number of carbonyl (C=O) groups excluding carboxylic acids is 1. The smallest absolute Gasteiger partial charge is 0.319 e. The van der Waals surface area contributed by atoms with Gasteiger partial charge in [0.15, 0.2) is 5.16 Å². The fourth-order valence-corrected chi connectivity index (χ4v) is 5.13. The number of hydrogen-bond donors (Lipinski definition) is 0. The second kappa shape index (κ2) is 7.88. The third-order valence-electron chi connectivity index (χ3n) is 4.21. The van der Waals surface area contributed by atoms with Crippen LogP contribution in [0.3, 0.4) is 0 Å². The lowest BCUT2D eigenvalue weighted by Gasteiger charge is -2.18. The van der Waals surface area contributed by atoms with Crippen molar-refractivity contribution in [3.63, 3.8) is 0 Å². The Morgan fingerprint density at radius 1 is 1.35 bits per heavy atom. The molecule has 0 bridgehead atoms. The van der Waals surface area contributed by atoms with E-state index in [4.69, 9.17) is 9.72 Å². The van der Waals surface area contributed by atoms with Gasteiger partial charge in [0.25, 0.3) is 5.56 Å². The number of hydrogen-bond acceptors (Lipinski definition) is 6. The van der Waals surface area contributed by atoms with E-state index in [9.17, 15) is 9.59 Å². The van der Waals surface area contributed by atoms with Crippen molar-refractivity contribution in [3.8, 4) is 5.69 Å². The van der Waals surface area contributed by atoms with Gasteiger partial charge in [-0.05, 0) is 43.5 Å². The second-order valence-electron chi connectivity index (χ2n) is 6.29. The number of aromatic nitrogens is 2. The van der Waals surface area contributed by atoms with E-state index in [1.807, 2.05) is 32.9 Å². The molecule has 1 aromatic heterocycles. The number of nitrogens with zero attached hydrogens (tertiary/aromatic N) is 2. The first-order chi connectivity index (χ1) is 12.4. The van der Waals surface area contributed by atoms with Gasteiger partial charge >= 0.3 is 5.97 Å². The molecule has 138 valence electrons. The molecule has 1 aliphatic heterocycles. The van der Waals surface area contributed by atoms with E-state index in [0.717, 1.165) is 39.6 Å². The first kappa shape index (κ1) is 19.0. The van der Waals surface area contributed by atoms with Gasteiger partial charge in [0, 0.05) is 12.2 Å². The fraction of sp³-hybridized carbons (Fsp3) is 0.421. The summed E-state index contributed by atoms with van der Waals surface area (Å²) in [6.45, 7) is 5.94. The van der Waals surface area contributed by atoms with Gasteiger partial charge in [-0.15, -0.1) is 11.8 Å². The van der Waals surface area contributed by atoms with Crippen molar-refractivity contribution in [1.82, 2.24) is 9.55 Å². The van der Waals surface area contributed by atoms with Crippen LogP contribution < -0.4 is 5.56 Å². The standard InChI is InChI=1S/C19H22N2O3S2/c1-5-15(18(23)24-4)26-19-20-14-6-7-25-16(14)17(22)21(19)13-9-11(2)8-12(3)10-13/h8-10,15H,5-7H2,1-4H3/t15-/m1/s1. The lowest BCUT2D eigenvalue weighted by atomic mass is 10.1. The van der Waals surface area contributed by atoms with Gasteiger partial charge in [0.2, 0.25) is 0 Å². The molecule has 0 spiro atoms. The average Bonchev–Trinajstić information content (AvgIpc) is 3.07. The summed E-state index contributed by atoms with van der Waals surface area (Å²) in [6, 6.07) is 6.02. The number of carbonyl (C=O) groups is 1. The van der Waals surface area contributed by atoms with Crippen LogP contribution in [0.4, 0.5) is 0 Å². The van der Waals surface area contributed by atoms with Gasteiger partial charge in [-0.25, -0.2) is 4.98 Å². The summed E-state index contributed by atoms with van der Waals surface area (Å²) < 4.78 is 6.55. The number of rotatable bonds is 5. The van der Waals surface area contributed by atoms with Gasteiger partial charge in [-0.3, -0.25) is 14.2 Å². The van der Waals surface area contributed by atoms with E-state index in [1.165, 1.54) is 18.9 Å². The molecule has 2 aromatic rings. The normalized spacial score (nSPS) is 14.2. The number of ether oxygens (including phenoxy) is 1. The molecular weight excluding hydrogens is 368 g/mol. The zero-order valence-electron chi connectivity index (χ0n) is 15.4. The van der Waals surface area contributed by atoms with E-state index < -0.39 is 5.25 Å². The van der Waals surface area contributed by atoms with Gasteiger partial charge in [-0.1, -0.05) is 24.8 Å². The van der Waals surface area contributed by atoms with Crippen LogP contribution in [0.1, 0.15) is 30.2 Å². The molecule has 5 nitrogen and oxygen atoms in total. The molecule has 0 N–H and O–H groups in total. The lowest BCUT2D eigenvalue weighted by Crippen LogP contribution is -2.26. The van der Waals surface area contributed by atoms with Crippen LogP contribution in [0.2, 0.25) is 0 Å². The summed E-state index contributed by atoms with van der Waals surface area (Å²) in [6.07, 6.45) is 1.39. The van der Waals surface area contributed by atoms with Crippen molar-refractivity contribution in [2.24, 2.45) is 0 Å². The highest BCUT2D eigenvalue weighted by atomic mass is 32.2. The van der Waals surface area contributed by atoms with Crippen molar-refractivity contribution in [1.29, 1.82) is 0 Å². The third-order valence-corrected chi connectivity index (χ3v) is 6.62. The highest BCUT2D eigenvalue weighted by Gasteiger charge is 2.26. The van der Waals surface area contributed by atoms with Crippen LogP contribution in [-0.4, -0.2) is 33.6 Å². The predicted molar refractivity (Wildman–Crippen MR) is 106 cm³/mol. The maximum absolute atomic E-state index is 13.2. The quantitative estimate of drug-likeness (QED) is 0.442. The second-order valence-corrected chi connectivity index (χ2v) is 8.57. The maximum Gasteiger partial charge on any atom is 0.319 e. The van der Waals surface area contributed by atoms with Gasteiger partial charge in [0.1, 0.15) is 5.25 Å². The fourth-order valence-electron chi connectivity index (χ4n) is 3.04. The molecule has 0 saturated carbocycles. The van der Waals surface area contributed by atoms with Gasteiger partial charge in [0.05, 0.1) is 23.4 Å². The lowest BCUT2D eigenvalue weighted by molar-refractivity contribution is -0.140. The molecule has 1 aromatic carbocycles. The Labute approximate surface area is 161 Å². The van der Waals surface area contributed by atoms with Crippen molar-refractivity contribution in [2.75, 3.05) is 12.9 Å². The summed E-state index contributed by atoms with van der Waals surface area (Å²) in [7, 11) is 1.38. The topological polar surface area (TPSA) is 61.2 Å². The first-order valence-electron chi connectivity index (χ1n) is 8.56. The Bertz CT molecular complexity index is 888. The number of fused-ring (bicyclic) bond motifs is 1. The van der Waals surface area contributed by atoms with Crippen molar-refractivity contribution < 1.29 is 9.53 Å². The van der Waals surface area contributed by atoms with Crippen LogP contribution in [-0.2, 0) is 16.0 Å². The van der Waals surface area contributed by atoms with Crippen molar-refractivity contribution in [2.45, 2.75) is 48.9 Å². The van der Waals surface area contributed by atoms with Gasteiger partial charge in [-0.2, -0.15) is 0 Å². The molecule has 7 heteroatoms. The van der Waals surface area contributed by atoms with Crippen molar-refractivity contribution in [3.05, 3.63) is 45.4 Å². The molecule has 3 rings (SSSR count). The SMILES string of the molecule is CC[C@@H](Sc1nc2c(c(=O)n1-c1cc(C)cc(C)c1)SCC2)C(=O)OC. The number of methoxy groups -OCH3 is 1. The monoisotopic (exact) mass is 390 g/mol. The van der Waals surface area contributed by atoms with Gasteiger partial charge < -0.3 is 4.74 Å². The summed E-state index contributed by atoms with van der Waals surface area (Å²) >= 11 is 2.86. The zero-order chi connectivity index (χ0) is 18.8. The van der Waals surface area contributed by atoms with Crippen LogP contribution in [0.5, 0.6) is 0 Å². The molecule has 26 heavy (non-hydrogen) atoms. The molecule has 0 fully saturated rings. The summed E-state index contributed by atoms with van der Waals surface area (Å²) in [5.41, 5.74) is 3.73. The number of esters is 1. The Hall–Kier alpha value is -1.73. The van der Waals surface area contributed by atoms with Crippen LogP contribution in [0.25, 0.3) is 5.69 Å². The predicted octanol–water partition coefficient (Wildman–Crippen LogP) is 3.54. The number of thioether (sulfide) groups is 2.